The van der Waals surface area contributed by atoms with Crippen molar-refractivity contribution in [1.82, 2.24) is 10.6 Å². The average molecular weight is 497 g/mol. The van der Waals surface area contributed by atoms with Crippen LogP contribution in [0.4, 0.5) is 0 Å². The summed E-state index contributed by atoms with van der Waals surface area (Å²) in [5, 5.41) is 15.6. The van der Waals surface area contributed by atoms with E-state index >= 15 is 0 Å². The molecule has 196 valence electrons. The van der Waals surface area contributed by atoms with E-state index in [9.17, 15) is 19.5 Å². The molecule has 0 saturated heterocycles. The molecule has 8 nitrogen and oxygen atoms in total. The van der Waals surface area contributed by atoms with Gasteiger partial charge in [-0.1, -0.05) is 36.8 Å². The van der Waals surface area contributed by atoms with Gasteiger partial charge in [-0.25, -0.2) is 0 Å². The number of nitrogens with one attached hydrogen (secondary N) is 2. The maximum atomic E-state index is 13.2. The van der Waals surface area contributed by atoms with E-state index in [0.29, 0.717) is 12.8 Å². The highest BCUT2D eigenvalue weighted by molar-refractivity contribution is 5.92. The number of phenolic OH excluding ortho intramolecular Hbond substituents is 1. The molecule has 0 aromatic heterocycles. The molecule has 7 N–H and O–H groups in total. The molecular formula is C28H40N4O4. The molecule has 2 aromatic rings. The summed E-state index contributed by atoms with van der Waals surface area (Å²) in [6.45, 7) is 4.54. The number of aryl methyl sites for hydroxylation is 2. The lowest BCUT2D eigenvalue weighted by molar-refractivity contribution is -0.132. The monoisotopic (exact) mass is 496 g/mol. The maximum Gasteiger partial charge on any atom is 0.240 e. The molecule has 2 aromatic carbocycles. The molecule has 0 radical (unpaired) electrons. The first kappa shape index (κ1) is 29.0. The van der Waals surface area contributed by atoms with Gasteiger partial charge in [0.1, 0.15) is 11.8 Å². The lowest BCUT2D eigenvalue weighted by Crippen LogP contribution is -2.48. The summed E-state index contributed by atoms with van der Waals surface area (Å²) in [4.78, 5) is 38.4. The SMILES string of the molecule is CNCCCCC(CC(=O)C(N)Cc1c(C)cc(O)cc1C)C(=O)NC(Cc1ccccc1)C(N)=O. The average Bonchev–Trinajstić information content (AvgIpc) is 2.83. The van der Waals surface area contributed by atoms with E-state index in [4.69, 9.17) is 11.5 Å². The number of phenols is 1. The number of carbonyl (C=O) groups excluding carboxylic acids is 3. The van der Waals surface area contributed by atoms with E-state index in [0.717, 1.165) is 41.6 Å². The van der Waals surface area contributed by atoms with Crippen LogP contribution >= 0.6 is 0 Å². The van der Waals surface area contributed by atoms with Crippen molar-refractivity contribution in [1.29, 1.82) is 0 Å². The van der Waals surface area contributed by atoms with E-state index in [1.807, 2.05) is 51.2 Å². The molecule has 0 bridgehead atoms. The zero-order valence-corrected chi connectivity index (χ0v) is 21.5. The standard InChI is InChI=1S/C28H40N4O4/c1-18-13-22(33)14-19(2)23(18)17-24(29)26(34)16-21(11-7-8-12-31-3)28(36)32-25(27(30)35)15-20-9-5-4-6-10-20/h4-6,9-10,13-14,21,24-25,31,33H,7-8,11-12,15-17,29H2,1-3H3,(H2,30,35)(H,32,36). The Kier molecular flexibility index (Phi) is 11.6. The number of rotatable bonds is 15. The van der Waals surface area contributed by atoms with Crippen molar-refractivity contribution in [3.63, 3.8) is 0 Å². The predicted molar refractivity (Wildman–Crippen MR) is 141 cm³/mol. The van der Waals surface area contributed by atoms with Gasteiger partial charge in [0, 0.05) is 18.8 Å². The lowest BCUT2D eigenvalue weighted by atomic mass is 9.89. The van der Waals surface area contributed by atoms with Crippen LogP contribution in [0.2, 0.25) is 0 Å². The summed E-state index contributed by atoms with van der Waals surface area (Å²) in [6, 6.07) is 11.0. The van der Waals surface area contributed by atoms with Crippen molar-refractivity contribution in [3.05, 3.63) is 64.7 Å². The number of amides is 2. The van der Waals surface area contributed by atoms with Gasteiger partial charge in [-0.2, -0.15) is 0 Å². The molecule has 3 unspecified atom stereocenters. The van der Waals surface area contributed by atoms with Gasteiger partial charge in [0.2, 0.25) is 11.8 Å². The third-order valence-electron chi connectivity index (χ3n) is 6.51. The summed E-state index contributed by atoms with van der Waals surface area (Å²) in [6.07, 6.45) is 2.69. The van der Waals surface area contributed by atoms with Crippen LogP contribution in [0, 0.1) is 19.8 Å². The molecule has 2 amide bonds. The molecule has 0 saturated carbocycles. The maximum absolute atomic E-state index is 13.2. The Morgan fingerprint density at radius 2 is 1.64 bits per heavy atom. The smallest absolute Gasteiger partial charge is 0.240 e. The van der Waals surface area contributed by atoms with Crippen LogP contribution in [0.15, 0.2) is 42.5 Å². The molecule has 0 heterocycles. The lowest BCUT2D eigenvalue weighted by Gasteiger charge is -2.22. The van der Waals surface area contributed by atoms with Crippen molar-refractivity contribution < 1.29 is 19.5 Å². The second-order valence-electron chi connectivity index (χ2n) is 9.49. The Morgan fingerprint density at radius 1 is 1.00 bits per heavy atom. The first-order valence-electron chi connectivity index (χ1n) is 12.5. The van der Waals surface area contributed by atoms with E-state index in [1.165, 1.54) is 0 Å². The molecule has 0 spiro atoms. The van der Waals surface area contributed by atoms with Crippen LogP contribution in [0.1, 0.15) is 47.9 Å². The summed E-state index contributed by atoms with van der Waals surface area (Å²) < 4.78 is 0. The van der Waals surface area contributed by atoms with Crippen molar-refractivity contribution in [3.8, 4) is 5.75 Å². The first-order valence-corrected chi connectivity index (χ1v) is 12.5. The normalized spacial score (nSPS) is 13.6. The Hall–Kier alpha value is -3.23. The predicted octanol–water partition coefficient (Wildman–Crippen LogP) is 2.06. The van der Waals surface area contributed by atoms with E-state index in [-0.39, 0.29) is 30.3 Å². The van der Waals surface area contributed by atoms with Gasteiger partial charge in [-0.05, 0) is 81.1 Å². The fraction of sp³-hybridized carbons (Fsp3) is 0.464. The van der Waals surface area contributed by atoms with E-state index in [1.54, 1.807) is 12.1 Å². The molecule has 0 aliphatic rings. The largest absolute Gasteiger partial charge is 0.508 e. The third-order valence-corrected chi connectivity index (χ3v) is 6.51. The Balaban J connectivity index is 2.11. The number of hydrogen-bond acceptors (Lipinski definition) is 6. The van der Waals surface area contributed by atoms with Crippen molar-refractivity contribution >= 4 is 17.6 Å². The minimum Gasteiger partial charge on any atom is -0.508 e. The first-order chi connectivity index (χ1) is 17.1. The summed E-state index contributed by atoms with van der Waals surface area (Å²) >= 11 is 0. The summed E-state index contributed by atoms with van der Waals surface area (Å²) in [7, 11) is 1.86. The third kappa shape index (κ3) is 9.09. The highest BCUT2D eigenvalue weighted by Gasteiger charge is 2.28. The zero-order chi connectivity index (χ0) is 26.7. The van der Waals surface area contributed by atoms with Crippen LogP contribution in [-0.4, -0.2) is 48.4 Å². The van der Waals surface area contributed by atoms with Gasteiger partial charge in [0.15, 0.2) is 5.78 Å². The van der Waals surface area contributed by atoms with Crippen LogP contribution < -0.4 is 22.1 Å². The highest BCUT2D eigenvalue weighted by atomic mass is 16.3. The van der Waals surface area contributed by atoms with Crippen molar-refractivity contribution in [2.24, 2.45) is 17.4 Å². The molecular weight excluding hydrogens is 456 g/mol. The summed E-state index contributed by atoms with van der Waals surface area (Å²) in [5.74, 6) is -1.64. The van der Waals surface area contributed by atoms with Gasteiger partial charge in [0.05, 0.1) is 6.04 Å². The van der Waals surface area contributed by atoms with Crippen molar-refractivity contribution in [2.75, 3.05) is 13.6 Å². The molecule has 2 rings (SSSR count). The van der Waals surface area contributed by atoms with Crippen LogP contribution in [0.5, 0.6) is 5.75 Å². The van der Waals surface area contributed by atoms with Gasteiger partial charge in [-0.3, -0.25) is 14.4 Å². The topological polar surface area (TPSA) is 148 Å². The Labute approximate surface area is 213 Å². The minimum absolute atomic E-state index is 0.0143. The van der Waals surface area contributed by atoms with E-state index < -0.39 is 23.9 Å². The number of benzene rings is 2. The van der Waals surface area contributed by atoms with Crippen LogP contribution in [-0.2, 0) is 27.2 Å². The van der Waals surface area contributed by atoms with Gasteiger partial charge < -0.3 is 27.2 Å². The van der Waals surface area contributed by atoms with Crippen LogP contribution in [0.25, 0.3) is 0 Å². The van der Waals surface area contributed by atoms with Gasteiger partial charge in [-0.15, -0.1) is 0 Å². The molecule has 0 aliphatic carbocycles. The second-order valence-corrected chi connectivity index (χ2v) is 9.49. The number of primary amides is 1. The second kappa shape index (κ2) is 14.4. The number of ketones is 1. The number of unbranched alkanes of at least 4 members (excludes halogenated alkanes) is 1. The van der Waals surface area contributed by atoms with E-state index in [2.05, 4.69) is 10.6 Å². The molecule has 0 aliphatic heterocycles. The Morgan fingerprint density at radius 3 is 2.22 bits per heavy atom. The minimum atomic E-state index is -0.870. The highest BCUT2D eigenvalue weighted by Crippen LogP contribution is 2.23. The number of Topliss-reactive ketones (excluding diaryl/α,β-unsaturated/α-hetero) is 1. The number of nitrogens with two attached hydrogens (primary N) is 2. The number of hydrogen-bond donors (Lipinski definition) is 5. The fourth-order valence-electron chi connectivity index (χ4n) is 4.40. The summed E-state index contributed by atoms with van der Waals surface area (Å²) in [5.41, 5.74) is 15.4. The van der Waals surface area contributed by atoms with Crippen molar-refractivity contribution in [2.45, 2.75) is 64.5 Å². The van der Waals surface area contributed by atoms with Crippen LogP contribution in [0.3, 0.4) is 0 Å². The van der Waals surface area contributed by atoms with Gasteiger partial charge in [0.25, 0.3) is 0 Å². The number of aromatic hydroxyl groups is 1. The zero-order valence-electron chi connectivity index (χ0n) is 21.5. The Bertz CT molecular complexity index is 1000. The van der Waals surface area contributed by atoms with Gasteiger partial charge >= 0.3 is 0 Å². The number of carbonyl (C=O) groups is 3. The molecule has 0 fully saturated rings. The molecule has 3 atom stereocenters. The fourth-order valence-corrected chi connectivity index (χ4v) is 4.40. The molecule has 36 heavy (non-hydrogen) atoms. The molecule has 8 heteroatoms. The quantitative estimate of drug-likeness (QED) is 0.238.